The first-order valence-corrected chi connectivity index (χ1v) is 9.27. The van der Waals surface area contributed by atoms with Gasteiger partial charge in [0.05, 0.1) is 6.10 Å². The first-order chi connectivity index (χ1) is 11.2. The third kappa shape index (κ3) is 9.77. The maximum absolute atomic E-state index is 6.12. The van der Waals surface area contributed by atoms with E-state index in [1.165, 1.54) is 18.6 Å². The van der Waals surface area contributed by atoms with Crippen molar-refractivity contribution in [3.05, 3.63) is 12.7 Å². The summed E-state index contributed by atoms with van der Waals surface area (Å²) in [6, 6.07) is 0. The molecule has 0 radical (unpaired) electrons. The molecule has 0 aromatic heterocycles. The maximum atomic E-state index is 6.12. The Balaban J connectivity index is 2.32. The van der Waals surface area contributed by atoms with E-state index >= 15 is 0 Å². The monoisotopic (exact) mass is 324 g/mol. The molecule has 4 nitrogen and oxygen atoms in total. The number of allylic oxidation sites excluding steroid dienone is 1. The third-order valence-corrected chi connectivity index (χ3v) is 4.14. The molecule has 1 fully saturated rings. The van der Waals surface area contributed by atoms with Gasteiger partial charge in [0.1, 0.15) is 0 Å². The largest absolute Gasteiger partial charge is 0.353 e. The Bertz CT molecular complexity index is 336. The summed E-state index contributed by atoms with van der Waals surface area (Å²) in [6.45, 7) is 6.84. The summed E-state index contributed by atoms with van der Waals surface area (Å²) in [5.74, 6) is 0. The summed E-state index contributed by atoms with van der Waals surface area (Å²) < 4.78 is 11.8. The Labute approximate surface area is 142 Å². The van der Waals surface area contributed by atoms with Crippen LogP contribution in [0, 0.1) is 0 Å². The number of nitrogens with zero attached hydrogens (tertiary/aromatic N) is 2. The number of ether oxygens (including phenoxy) is 2. The molecule has 1 aliphatic rings. The van der Waals surface area contributed by atoms with Crippen LogP contribution in [0.4, 0.5) is 0 Å². The van der Waals surface area contributed by atoms with E-state index in [9.17, 15) is 0 Å². The van der Waals surface area contributed by atoms with Crippen LogP contribution in [0.2, 0.25) is 0 Å². The second-order valence-electron chi connectivity index (χ2n) is 6.55. The van der Waals surface area contributed by atoms with Crippen molar-refractivity contribution in [2.24, 2.45) is 5.10 Å². The highest BCUT2D eigenvalue weighted by atomic mass is 16.7. The predicted molar refractivity (Wildman–Crippen MR) is 97.8 cm³/mol. The standard InChI is InChI=1S/C19H36N2O2/c1-5-7-8-12-17(20-21(3)4)13-11-14-18(6-2)23-19-15-9-10-16-22-19/h5,18-19H,1,6-16H2,2-4H3/b20-17+/t18-,19?/m1/s1. The van der Waals surface area contributed by atoms with Crippen LogP contribution in [-0.4, -0.2) is 43.8 Å². The highest BCUT2D eigenvalue weighted by Gasteiger charge is 2.18. The zero-order chi connectivity index (χ0) is 16.9. The molecule has 1 unspecified atom stereocenters. The minimum absolute atomic E-state index is 0.0243. The average molecular weight is 325 g/mol. The lowest BCUT2D eigenvalue weighted by Crippen LogP contribution is -2.27. The van der Waals surface area contributed by atoms with E-state index in [0.29, 0.717) is 6.10 Å². The minimum atomic E-state index is 0.0243. The SMILES string of the molecule is C=CCCC/C(CCC[C@@H](CC)OC1CCCCO1)=N\N(C)C. The maximum Gasteiger partial charge on any atom is 0.157 e. The van der Waals surface area contributed by atoms with Gasteiger partial charge in [-0.25, -0.2) is 0 Å². The number of hydrogen-bond donors (Lipinski definition) is 0. The van der Waals surface area contributed by atoms with Crippen molar-refractivity contribution in [1.29, 1.82) is 0 Å². The van der Waals surface area contributed by atoms with Gasteiger partial charge in [-0.05, 0) is 64.2 Å². The molecule has 0 bridgehead atoms. The summed E-state index contributed by atoms with van der Waals surface area (Å²) >= 11 is 0. The van der Waals surface area contributed by atoms with Gasteiger partial charge in [0.15, 0.2) is 6.29 Å². The fourth-order valence-electron chi connectivity index (χ4n) is 2.89. The molecule has 1 rings (SSSR count). The first kappa shape index (κ1) is 20.2. The van der Waals surface area contributed by atoms with Crippen molar-refractivity contribution in [3.63, 3.8) is 0 Å². The van der Waals surface area contributed by atoms with Crippen LogP contribution in [-0.2, 0) is 9.47 Å². The Hall–Kier alpha value is -0.870. The molecule has 0 N–H and O–H groups in total. The van der Waals surface area contributed by atoms with Crippen LogP contribution >= 0.6 is 0 Å². The highest BCUT2D eigenvalue weighted by Crippen LogP contribution is 2.19. The van der Waals surface area contributed by atoms with Gasteiger partial charge in [-0.2, -0.15) is 5.10 Å². The van der Waals surface area contributed by atoms with Crippen LogP contribution in [0.3, 0.4) is 0 Å². The third-order valence-electron chi connectivity index (χ3n) is 4.14. The van der Waals surface area contributed by atoms with E-state index in [4.69, 9.17) is 9.47 Å². The van der Waals surface area contributed by atoms with Crippen LogP contribution in [0.25, 0.3) is 0 Å². The van der Waals surface area contributed by atoms with Crippen molar-refractivity contribution in [2.45, 2.75) is 83.5 Å². The number of hydrogen-bond acceptors (Lipinski definition) is 4. The molecule has 4 heteroatoms. The van der Waals surface area contributed by atoms with Gasteiger partial charge in [-0.3, -0.25) is 0 Å². The molecular weight excluding hydrogens is 288 g/mol. The Kier molecular flexibility index (Phi) is 11.0. The van der Waals surface area contributed by atoms with Crippen molar-refractivity contribution in [3.8, 4) is 0 Å². The lowest BCUT2D eigenvalue weighted by molar-refractivity contribution is -0.189. The Morgan fingerprint density at radius 1 is 1.35 bits per heavy atom. The zero-order valence-corrected chi connectivity index (χ0v) is 15.4. The van der Waals surface area contributed by atoms with Crippen molar-refractivity contribution < 1.29 is 9.47 Å². The smallest absolute Gasteiger partial charge is 0.157 e. The predicted octanol–water partition coefficient (Wildman–Crippen LogP) is 4.75. The van der Waals surface area contributed by atoms with E-state index in [1.54, 1.807) is 0 Å². The summed E-state index contributed by atoms with van der Waals surface area (Å²) in [4.78, 5) is 0. The number of hydrazone groups is 1. The molecule has 0 amide bonds. The van der Waals surface area contributed by atoms with Crippen molar-refractivity contribution >= 4 is 5.71 Å². The van der Waals surface area contributed by atoms with Crippen LogP contribution < -0.4 is 0 Å². The highest BCUT2D eigenvalue weighted by molar-refractivity contribution is 5.84. The molecule has 0 aliphatic carbocycles. The van der Waals surface area contributed by atoms with Gasteiger partial charge in [-0.1, -0.05) is 13.0 Å². The molecule has 2 atom stereocenters. The van der Waals surface area contributed by atoms with Crippen LogP contribution in [0.5, 0.6) is 0 Å². The summed E-state index contributed by atoms with van der Waals surface area (Å²) in [6.07, 6.45) is 13.4. The van der Waals surface area contributed by atoms with Gasteiger partial charge in [0, 0.05) is 26.4 Å². The molecule has 1 aliphatic heterocycles. The number of rotatable bonds is 12. The molecule has 0 spiro atoms. The molecule has 134 valence electrons. The first-order valence-electron chi connectivity index (χ1n) is 9.27. The second-order valence-corrected chi connectivity index (χ2v) is 6.55. The lowest BCUT2D eigenvalue weighted by Gasteiger charge is -2.27. The molecule has 1 saturated heterocycles. The Morgan fingerprint density at radius 3 is 2.74 bits per heavy atom. The van der Waals surface area contributed by atoms with E-state index in [0.717, 1.165) is 58.0 Å². The quantitative estimate of drug-likeness (QED) is 0.225. The summed E-state index contributed by atoms with van der Waals surface area (Å²) in [5, 5.41) is 6.55. The van der Waals surface area contributed by atoms with Crippen molar-refractivity contribution in [2.75, 3.05) is 20.7 Å². The molecule has 23 heavy (non-hydrogen) atoms. The fourth-order valence-corrected chi connectivity index (χ4v) is 2.89. The molecule has 0 aromatic rings. The molecule has 1 heterocycles. The van der Waals surface area contributed by atoms with Crippen LogP contribution in [0.1, 0.15) is 71.1 Å². The van der Waals surface area contributed by atoms with E-state index in [1.807, 2.05) is 25.2 Å². The molecule has 0 saturated carbocycles. The average Bonchev–Trinajstić information content (AvgIpc) is 2.54. The fraction of sp³-hybridized carbons (Fsp3) is 0.842. The van der Waals surface area contributed by atoms with Gasteiger partial charge >= 0.3 is 0 Å². The molecular formula is C19H36N2O2. The van der Waals surface area contributed by atoms with Gasteiger partial charge in [0.25, 0.3) is 0 Å². The van der Waals surface area contributed by atoms with E-state index < -0.39 is 0 Å². The van der Waals surface area contributed by atoms with E-state index in [-0.39, 0.29) is 6.29 Å². The normalized spacial score (nSPS) is 20.3. The van der Waals surface area contributed by atoms with Gasteiger partial charge < -0.3 is 14.5 Å². The summed E-state index contributed by atoms with van der Waals surface area (Å²) in [5.41, 5.74) is 1.29. The van der Waals surface area contributed by atoms with Gasteiger partial charge in [-0.15, -0.1) is 6.58 Å². The lowest BCUT2D eigenvalue weighted by atomic mass is 10.0. The van der Waals surface area contributed by atoms with Crippen molar-refractivity contribution in [1.82, 2.24) is 5.01 Å². The topological polar surface area (TPSA) is 34.1 Å². The minimum Gasteiger partial charge on any atom is -0.353 e. The zero-order valence-electron chi connectivity index (χ0n) is 15.4. The van der Waals surface area contributed by atoms with Gasteiger partial charge in [0.2, 0.25) is 0 Å². The van der Waals surface area contributed by atoms with E-state index in [2.05, 4.69) is 18.6 Å². The summed E-state index contributed by atoms with van der Waals surface area (Å²) in [7, 11) is 3.98. The molecule has 0 aromatic carbocycles. The second kappa shape index (κ2) is 12.5. The van der Waals surface area contributed by atoms with Crippen LogP contribution in [0.15, 0.2) is 17.8 Å². The Morgan fingerprint density at radius 2 is 2.13 bits per heavy atom. The number of unbranched alkanes of at least 4 members (excludes halogenated alkanes) is 1.